The number of benzene rings is 1. The SMILES string of the molecule is CCC(Sc1nc2c(c(=O)[nH]1)CCC2)C(=O)Nc1ccccc1C(F)(F)F. The Morgan fingerprint density at radius 3 is 2.78 bits per heavy atom. The van der Waals surface area contributed by atoms with Gasteiger partial charge < -0.3 is 10.3 Å². The number of carbonyl (C=O) groups excluding carboxylic acids is 1. The molecule has 3 rings (SSSR count). The lowest BCUT2D eigenvalue weighted by molar-refractivity contribution is -0.137. The molecule has 1 aromatic heterocycles. The van der Waals surface area contributed by atoms with Gasteiger partial charge >= 0.3 is 6.18 Å². The second-order valence-electron chi connectivity index (χ2n) is 6.20. The third-order valence-corrected chi connectivity index (χ3v) is 5.58. The Kier molecular flexibility index (Phi) is 5.59. The van der Waals surface area contributed by atoms with Gasteiger partial charge in [0.1, 0.15) is 0 Å². The van der Waals surface area contributed by atoms with E-state index in [-0.39, 0.29) is 11.2 Å². The van der Waals surface area contributed by atoms with Crippen molar-refractivity contribution >= 4 is 23.4 Å². The maximum atomic E-state index is 13.1. The van der Waals surface area contributed by atoms with Gasteiger partial charge in [-0.05, 0) is 37.8 Å². The number of fused-ring (bicyclic) bond motifs is 1. The molecule has 2 aromatic rings. The minimum atomic E-state index is -4.56. The van der Waals surface area contributed by atoms with Crippen molar-refractivity contribution in [1.82, 2.24) is 9.97 Å². The third kappa shape index (κ3) is 4.35. The zero-order valence-corrected chi connectivity index (χ0v) is 15.3. The first-order valence-corrected chi connectivity index (χ1v) is 9.43. The van der Waals surface area contributed by atoms with E-state index in [0.717, 1.165) is 36.4 Å². The van der Waals surface area contributed by atoms with Crippen molar-refractivity contribution in [3.05, 3.63) is 51.4 Å². The Bertz CT molecular complexity index is 911. The summed E-state index contributed by atoms with van der Waals surface area (Å²) < 4.78 is 39.3. The van der Waals surface area contributed by atoms with Crippen LogP contribution < -0.4 is 10.9 Å². The predicted octanol–water partition coefficient (Wildman–Crippen LogP) is 3.79. The van der Waals surface area contributed by atoms with Crippen LogP contribution in [0, 0.1) is 0 Å². The number of aromatic nitrogens is 2. The quantitative estimate of drug-likeness (QED) is 0.595. The fraction of sp³-hybridized carbons (Fsp3) is 0.389. The fourth-order valence-corrected chi connectivity index (χ4v) is 3.90. The summed E-state index contributed by atoms with van der Waals surface area (Å²) in [5.41, 5.74) is 0.0132. The number of nitrogens with one attached hydrogen (secondary N) is 2. The van der Waals surface area contributed by atoms with Gasteiger partial charge in [-0.3, -0.25) is 9.59 Å². The Morgan fingerprint density at radius 2 is 2.07 bits per heavy atom. The average molecular weight is 397 g/mol. The van der Waals surface area contributed by atoms with Crippen molar-refractivity contribution < 1.29 is 18.0 Å². The number of anilines is 1. The number of thioether (sulfide) groups is 1. The van der Waals surface area contributed by atoms with Gasteiger partial charge in [-0.1, -0.05) is 30.8 Å². The smallest absolute Gasteiger partial charge is 0.325 e. The number of nitrogens with zero attached hydrogens (tertiary/aromatic N) is 1. The summed E-state index contributed by atoms with van der Waals surface area (Å²) in [4.78, 5) is 31.7. The number of rotatable bonds is 5. The van der Waals surface area contributed by atoms with Crippen LogP contribution in [0.1, 0.15) is 36.6 Å². The van der Waals surface area contributed by atoms with Crippen LogP contribution in [0.3, 0.4) is 0 Å². The van der Waals surface area contributed by atoms with E-state index in [1.165, 1.54) is 18.2 Å². The number of alkyl halides is 3. The average Bonchev–Trinajstić information content (AvgIpc) is 3.08. The number of aromatic amines is 1. The summed E-state index contributed by atoms with van der Waals surface area (Å²) in [5, 5.41) is 1.98. The Morgan fingerprint density at radius 1 is 1.33 bits per heavy atom. The molecule has 5 nitrogen and oxygen atoms in total. The summed E-state index contributed by atoms with van der Waals surface area (Å²) in [5.74, 6) is -0.567. The highest BCUT2D eigenvalue weighted by atomic mass is 32.2. The van der Waals surface area contributed by atoms with Gasteiger partial charge in [-0.25, -0.2) is 4.98 Å². The molecule has 9 heteroatoms. The second-order valence-corrected chi connectivity index (χ2v) is 7.39. The van der Waals surface area contributed by atoms with E-state index in [1.807, 2.05) is 0 Å². The van der Waals surface area contributed by atoms with Gasteiger partial charge in [-0.2, -0.15) is 13.2 Å². The molecule has 1 aliphatic rings. The fourth-order valence-electron chi connectivity index (χ4n) is 2.98. The molecular weight excluding hydrogens is 379 g/mol. The van der Waals surface area contributed by atoms with E-state index >= 15 is 0 Å². The van der Waals surface area contributed by atoms with E-state index in [1.54, 1.807) is 6.92 Å². The minimum absolute atomic E-state index is 0.210. The lowest BCUT2D eigenvalue weighted by atomic mass is 10.1. The monoisotopic (exact) mass is 397 g/mol. The number of halogens is 3. The van der Waals surface area contributed by atoms with Crippen molar-refractivity contribution in [2.45, 2.75) is 49.2 Å². The summed E-state index contributed by atoms with van der Waals surface area (Å²) >= 11 is 1.05. The van der Waals surface area contributed by atoms with E-state index < -0.39 is 22.9 Å². The number of aryl methyl sites for hydroxylation is 1. The molecule has 1 unspecified atom stereocenters. The second kappa shape index (κ2) is 7.75. The topological polar surface area (TPSA) is 74.8 Å². The lowest BCUT2D eigenvalue weighted by Gasteiger charge is -2.17. The normalized spacial score (nSPS) is 14.7. The minimum Gasteiger partial charge on any atom is -0.325 e. The van der Waals surface area contributed by atoms with Crippen LogP contribution in [-0.4, -0.2) is 21.1 Å². The van der Waals surface area contributed by atoms with Crippen molar-refractivity contribution in [1.29, 1.82) is 0 Å². The van der Waals surface area contributed by atoms with E-state index in [9.17, 15) is 22.8 Å². The summed E-state index contributed by atoms with van der Waals surface area (Å²) in [6, 6.07) is 4.83. The highest BCUT2D eigenvalue weighted by Gasteiger charge is 2.34. The molecule has 1 amide bonds. The molecule has 0 saturated carbocycles. The van der Waals surface area contributed by atoms with Crippen LogP contribution in [0.15, 0.2) is 34.2 Å². The number of hydrogen-bond donors (Lipinski definition) is 2. The van der Waals surface area contributed by atoms with Crippen molar-refractivity contribution in [2.24, 2.45) is 0 Å². The number of para-hydroxylation sites is 1. The molecule has 0 bridgehead atoms. The lowest BCUT2D eigenvalue weighted by Crippen LogP contribution is -2.27. The Labute approximate surface area is 157 Å². The van der Waals surface area contributed by atoms with E-state index in [2.05, 4.69) is 15.3 Å². The van der Waals surface area contributed by atoms with Gasteiger partial charge in [0.25, 0.3) is 5.56 Å². The van der Waals surface area contributed by atoms with Crippen LogP contribution in [0.4, 0.5) is 18.9 Å². The number of H-pyrrole nitrogens is 1. The van der Waals surface area contributed by atoms with Crippen molar-refractivity contribution in [3.63, 3.8) is 0 Å². The van der Waals surface area contributed by atoms with Gasteiger partial charge in [0.05, 0.1) is 22.2 Å². The van der Waals surface area contributed by atoms with Crippen LogP contribution in [0.5, 0.6) is 0 Å². The molecule has 0 fully saturated rings. The maximum Gasteiger partial charge on any atom is 0.418 e. The molecule has 1 aromatic carbocycles. The number of hydrogen-bond acceptors (Lipinski definition) is 4. The molecule has 2 N–H and O–H groups in total. The summed E-state index contributed by atoms with van der Waals surface area (Å²) in [7, 11) is 0. The van der Waals surface area contributed by atoms with Gasteiger partial charge in [0, 0.05) is 5.56 Å². The number of amides is 1. The molecule has 0 spiro atoms. The zero-order chi connectivity index (χ0) is 19.6. The number of carbonyl (C=O) groups is 1. The van der Waals surface area contributed by atoms with Crippen LogP contribution in [-0.2, 0) is 23.8 Å². The molecule has 144 valence electrons. The molecule has 0 saturated heterocycles. The highest BCUT2D eigenvalue weighted by Crippen LogP contribution is 2.35. The Balaban J connectivity index is 1.78. The van der Waals surface area contributed by atoms with Crippen LogP contribution in [0.2, 0.25) is 0 Å². The van der Waals surface area contributed by atoms with Crippen molar-refractivity contribution in [2.75, 3.05) is 5.32 Å². The van der Waals surface area contributed by atoms with E-state index in [4.69, 9.17) is 0 Å². The van der Waals surface area contributed by atoms with Crippen LogP contribution >= 0.6 is 11.8 Å². The molecule has 1 aliphatic carbocycles. The van der Waals surface area contributed by atoms with Gasteiger partial charge in [0.2, 0.25) is 5.91 Å². The molecule has 0 aliphatic heterocycles. The van der Waals surface area contributed by atoms with Gasteiger partial charge in [0.15, 0.2) is 5.16 Å². The standard InChI is InChI=1S/C18H18F3N3O2S/c1-2-14(27-17-23-12-9-5-6-10(12)15(25)24-17)16(26)22-13-8-4-3-7-11(13)18(19,20)21/h3-4,7-8,14H,2,5-6,9H2,1H3,(H,22,26)(H,23,24,25). The van der Waals surface area contributed by atoms with E-state index in [0.29, 0.717) is 23.6 Å². The summed E-state index contributed by atoms with van der Waals surface area (Å²) in [6.45, 7) is 1.75. The first-order chi connectivity index (χ1) is 12.8. The molecule has 27 heavy (non-hydrogen) atoms. The van der Waals surface area contributed by atoms with Gasteiger partial charge in [-0.15, -0.1) is 0 Å². The predicted molar refractivity (Wildman–Crippen MR) is 96.9 cm³/mol. The first-order valence-electron chi connectivity index (χ1n) is 8.55. The highest BCUT2D eigenvalue weighted by molar-refractivity contribution is 8.00. The maximum absolute atomic E-state index is 13.1. The molecule has 1 atom stereocenters. The molecule has 0 radical (unpaired) electrons. The third-order valence-electron chi connectivity index (χ3n) is 4.33. The molecular formula is C18H18F3N3O2S. The Hall–Kier alpha value is -2.29. The summed E-state index contributed by atoms with van der Waals surface area (Å²) in [6.07, 6.45) is -1.92. The zero-order valence-electron chi connectivity index (χ0n) is 14.5. The van der Waals surface area contributed by atoms with Crippen LogP contribution in [0.25, 0.3) is 0 Å². The largest absolute Gasteiger partial charge is 0.418 e. The van der Waals surface area contributed by atoms with Crippen molar-refractivity contribution in [3.8, 4) is 0 Å². The first kappa shape index (κ1) is 19.5. The molecule has 1 heterocycles.